The molecule has 3 nitrogen and oxygen atoms in total. The Labute approximate surface area is 34.5 Å². The monoisotopic (exact) mass is 77.1 g/mol. The van der Waals surface area contributed by atoms with Crippen molar-refractivity contribution in [3.8, 4) is 0 Å². The highest BCUT2D eigenvalue weighted by molar-refractivity contribution is 5.71. The molecule has 0 aliphatic rings. The van der Waals surface area contributed by atoms with Gasteiger partial charge in [0.15, 0.2) is 4.24 Å². The van der Waals surface area contributed by atoms with E-state index in [4.69, 9.17) is 4.24 Å². The molecule has 0 heterocycles. The van der Waals surface area contributed by atoms with Gasteiger partial charge in [-0.05, 0) is 0 Å². The van der Waals surface area contributed by atoms with Crippen molar-refractivity contribution < 1.29 is 9.03 Å². The highest BCUT2D eigenvalue weighted by atomic mass is 16.2. The highest BCUT2D eigenvalue weighted by Gasteiger charge is 1.72. The number of primary amides is 1. The van der Waals surface area contributed by atoms with Crippen LogP contribution in [-0.2, 0) is 0 Å². The molecule has 0 fully saturated rings. The molecule has 3 N–H and O–H groups in total. The van der Waals surface area contributed by atoms with Gasteiger partial charge in [0.05, 0.1) is 0 Å². The van der Waals surface area contributed by atoms with E-state index in [1.165, 1.54) is 0 Å². The number of nitrogens with one attached hydrogen (secondary N) is 1. The summed E-state index contributed by atoms with van der Waals surface area (Å²) in [5.74, 6) is 0. The van der Waals surface area contributed by atoms with E-state index in [1.54, 1.807) is 0 Å². The first kappa shape index (κ1) is 1.16. The first-order chi connectivity index (χ1) is 3.55. The quantitative estimate of drug-likeness (QED) is 0.394. The summed E-state index contributed by atoms with van der Waals surface area (Å²) in [5.41, 5.74) is -0.160. The number of urea groups is 1. The number of carbonyl (C=O) groups is 1. The summed E-state index contributed by atoms with van der Waals surface area (Å²) in [6, 6.07) is -0.981. The number of amides is 2. The van der Waals surface area contributed by atoms with Crippen molar-refractivity contribution in [2.75, 3.05) is 7.05 Å². The predicted molar refractivity (Wildman–Crippen MR) is 18.6 cm³/mol. The molecule has 0 unspecified atom stereocenters. The van der Waals surface area contributed by atoms with E-state index in [0.717, 1.165) is 7.05 Å². The number of carbonyl (C=O) groups excluding carboxylic acids is 1. The standard InChI is InChI=1S/C2H6N2O/c1-4-2(3)5/h1H3,(H3,3,4,5)/i/hD3. The molecule has 5 heavy (non-hydrogen) atoms. The predicted octanol–water partition coefficient (Wildman–Crippen LogP) is -0.716. The summed E-state index contributed by atoms with van der Waals surface area (Å²) < 4.78 is 19.1. The summed E-state index contributed by atoms with van der Waals surface area (Å²) in [5, 5.41) is 0.403. The number of hydrogen-bond acceptors (Lipinski definition) is 1. The van der Waals surface area contributed by atoms with E-state index in [2.05, 4.69) is 0 Å². The van der Waals surface area contributed by atoms with Gasteiger partial charge in [0, 0.05) is 7.05 Å². The number of nitrogens with two attached hydrogens (primary N) is 1. The van der Waals surface area contributed by atoms with E-state index in [-0.39, 0.29) is 5.72 Å². The largest absolute Gasteiger partial charge is 0.352 e. The molecule has 0 spiro atoms. The van der Waals surface area contributed by atoms with E-state index in [9.17, 15) is 4.79 Å². The molecule has 0 saturated carbocycles. The van der Waals surface area contributed by atoms with Gasteiger partial charge in [-0.15, -0.1) is 0 Å². The van der Waals surface area contributed by atoms with Gasteiger partial charge in [-0.3, -0.25) is 0 Å². The Morgan fingerprint density at radius 2 is 3.20 bits per heavy atom. The fourth-order valence-corrected chi connectivity index (χ4v) is 0. The third-order valence-corrected chi connectivity index (χ3v) is 0.191. The summed E-state index contributed by atoms with van der Waals surface area (Å²) in [6.45, 7) is 0. The second-order valence-corrected chi connectivity index (χ2v) is 0.506. The zero-order valence-electron chi connectivity index (χ0n) is 5.80. The van der Waals surface area contributed by atoms with Crippen LogP contribution >= 0.6 is 0 Å². The van der Waals surface area contributed by atoms with E-state index in [0.29, 0.717) is 5.31 Å². The van der Waals surface area contributed by atoms with Crippen LogP contribution in [0.1, 0.15) is 0 Å². The molecule has 0 saturated heterocycles. The Morgan fingerprint density at radius 1 is 2.60 bits per heavy atom. The molecule has 0 aromatic heterocycles. The zero-order valence-corrected chi connectivity index (χ0v) is 2.80. The molecule has 0 aromatic carbocycles. The van der Waals surface area contributed by atoms with Crippen LogP contribution in [0.5, 0.6) is 0 Å². The molecule has 0 bridgehead atoms. The topological polar surface area (TPSA) is 55.1 Å². The highest BCUT2D eigenvalue weighted by Crippen LogP contribution is 1.38. The van der Waals surface area contributed by atoms with Gasteiger partial charge in [0.25, 0.3) is 0 Å². The maximum Gasteiger partial charge on any atom is 0.311 e. The Kier molecular flexibility index (Phi) is 0.366. The average Bonchev–Trinajstić information content (AvgIpc) is 1.64. The molecule has 0 radical (unpaired) electrons. The van der Waals surface area contributed by atoms with E-state index < -0.39 is 6.03 Å². The normalized spacial score (nSPS) is 14.2. The van der Waals surface area contributed by atoms with Crippen LogP contribution in [0.15, 0.2) is 0 Å². The minimum Gasteiger partial charge on any atom is -0.352 e. The number of hydrogen-bond donors (Lipinski definition) is 2. The fourth-order valence-electron chi connectivity index (χ4n) is 0. The lowest BCUT2D eigenvalue weighted by atomic mass is 11.1. The molecular formula is C2H6N2O. The second kappa shape index (κ2) is 1.58. The minimum atomic E-state index is -0.981. The lowest BCUT2D eigenvalue weighted by molar-refractivity contribution is 0.251. The van der Waals surface area contributed by atoms with Crippen molar-refractivity contribution in [3.05, 3.63) is 0 Å². The molecule has 0 aliphatic carbocycles. The maximum absolute atomic E-state index is 10.1. The van der Waals surface area contributed by atoms with Gasteiger partial charge in [-0.2, -0.15) is 0 Å². The first-order valence-electron chi connectivity index (χ1n) is 2.44. The molecule has 0 atom stereocenters. The van der Waals surface area contributed by atoms with Crippen LogP contribution in [0.2, 0.25) is 4.24 Å². The van der Waals surface area contributed by atoms with Crippen LogP contribution in [0, 0.1) is 0 Å². The van der Waals surface area contributed by atoms with Crippen LogP contribution in [0.3, 0.4) is 0 Å². The van der Waals surface area contributed by atoms with Gasteiger partial charge >= 0.3 is 6.03 Å². The maximum atomic E-state index is 10.1. The van der Waals surface area contributed by atoms with Crippen molar-refractivity contribution in [3.63, 3.8) is 0 Å². The van der Waals surface area contributed by atoms with Crippen LogP contribution in [0.25, 0.3) is 0 Å². The van der Waals surface area contributed by atoms with Gasteiger partial charge in [-0.1, -0.05) is 0 Å². The Morgan fingerprint density at radius 3 is 3.20 bits per heavy atom. The van der Waals surface area contributed by atoms with Crippen molar-refractivity contribution in [1.29, 1.82) is 0 Å². The Hall–Kier alpha value is -0.730. The summed E-state index contributed by atoms with van der Waals surface area (Å²) >= 11 is 0. The molecule has 0 rings (SSSR count). The molecule has 30 valence electrons. The summed E-state index contributed by atoms with van der Waals surface area (Å²) in [4.78, 5) is 10.1. The smallest absolute Gasteiger partial charge is 0.311 e. The number of rotatable bonds is 0. The molecule has 0 aromatic rings. The first-order valence-corrected chi connectivity index (χ1v) is 1.10. The van der Waals surface area contributed by atoms with Crippen molar-refractivity contribution >= 4 is 6.03 Å². The summed E-state index contributed by atoms with van der Waals surface area (Å²) in [7, 11) is 1.15. The Bertz CT molecular complexity index is 83.3. The molecule has 3 heteroatoms. The SMILES string of the molecule is [2H]N([2H])C(=O)N([2H])C. The van der Waals surface area contributed by atoms with Crippen LogP contribution in [0.4, 0.5) is 4.79 Å². The minimum absolute atomic E-state index is 0.160. The molecular weight excluding hydrogens is 68.0 g/mol. The molecule has 0 aliphatic heterocycles. The van der Waals surface area contributed by atoms with Crippen molar-refractivity contribution in [1.82, 2.24) is 5.31 Å². The van der Waals surface area contributed by atoms with Crippen molar-refractivity contribution in [2.24, 2.45) is 5.72 Å². The van der Waals surface area contributed by atoms with E-state index >= 15 is 0 Å². The van der Waals surface area contributed by atoms with Crippen LogP contribution < -0.4 is 11.0 Å². The van der Waals surface area contributed by atoms with E-state index in [1.807, 2.05) is 0 Å². The Balaban J connectivity index is 3.65. The summed E-state index contributed by atoms with van der Waals surface area (Å²) in [6.07, 6.45) is 0. The van der Waals surface area contributed by atoms with Gasteiger partial charge < -0.3 is 11.0 Å². The fraction of sp³-hybridized carbons (Fsp3) is 0.500. The van der Waals surface area contributed by atoms with Crippen LogP contribution in [-0.4, -0.2) is 13.1 Å². The van der Waals surface area contributed by atoms with Crippen molar-refractivity contribution in [2.45, 2.75) is 0 Å². The van der Waals surface area contributed by atoms with Gasteiger partial charge in [-0.25, -0.2) is 4.79 Å². The lowest BCUT2D eigenvalue weighted by Crippen LogP contribution is -2.24. The average molecular weight is 77.1 g/mol. The third kappa shape index (κ3) is 3.27. The van der Waals surface area contributed by atoms with Gasteiger partial charge in [0.1, 0.15) is 0 Å². The third-order valence-electron chi connectivity index (χ3n) is 0.191. The molecule has 2 amide bonds. The second-order valence-electron chi connectivity index (χ2n) is 0.506. The van der Waals surface area contributed by atoms with Gasteiger partial charge in [0.2, 0.25) is 0 Å². The lowest BCUT2D eigenvalue weighted by Gasteiger charge is -1.80. The zero-order chi connectivity index (χ0) is 6.73.